The SMILES string of the molecule is COc1ncnc(C2CC2)c1-c1ncc(C2CCCCC2F)c(OCc2ccc(-c3nc(C(F)(F)F)cn3C)cc2)n1. The number of aromatic nitrogens is 6. The predicted octanol–water partition coefficient (Wildman–Crippen LogP) is 6.81. The lowest BCUT2D eigenvalue weighted by atomic mass is 9.83. The quantitative estimate of drug-likeness (QED) is 0.211. The van der Waals surface area contributed by atoms with Gasteiger partial charge < -0.3 is 14.0 Å². The molecule has 0 bridgehead atoms. The lowest BCUT2D eigenvalue weighted by Crippen LogP contribution is -2.20. The number of imidazole rings is 1. The molecule has 8 nitrogen and oxygen atoms in total. The average Bonchev–Trinajstić information content (AvgIpc) is 3.76. The van der Waals surface area contributed by atoms with Gasteiger partial charge in [0.05, 0.1) is 12.8 Å². The Morgan fingerprint density at radius 2 is 1.71 bits per heavy atom. The van der Waals surface area contributed by atoms with E-state index in [9.17, 15) is 13.2 Å². The van der Waals surface area contributed by atoms with Gasteiger partial charge in [0.25, 0.3) is 0 Å². The molecule has 3 aromatic heterocycles. The van der Waals surface area contributed by atoms with Crippen molar-refractivity contribution in [2.24, 2.45) is 7.05 Å². The Kier molecular flexibility index (Phi) is 7.54. The van der Waals surface area contributed by atoms with Crippen molar-refractivity contribution in [1.82, 2.24) is 29.5 Å². The minimum atomic E-state index is -4.52. The molecule has 0 N–H and O–H groups in total. The largest absolute Gasteiger partial charge is 0.480 e. The van der Waals surface area contributed by atoms with E-state index in [1.165, 1.54) is 25.1 Å². The molecule has 2 aliphatic rings. The third kappa shape index (κ3) is 5.66. The number of benzene rings is 1. The van der Waals surface area contributed by atoms with E-state index in [1.807, 2.05) is 0 Å². The zero-order valence-corrected chi connectivity index (χ0v) is 23.2. The van der Waals surface area contributed by atoms with Crippen molar-refractivity contribution in [3.05, 3.63) is 65.5 Å². The van der Waals surface area contributed by atoms with Crippen molar-refractivity contribution in [2.75, 3.05) is 7.11 Å². The summed E-state index contributed by atoms with van der Waals surface area (Å²) < 4.78 is 67.5. The Morgan fingerprint density at radius 3 is 2.38 bits per heavy atom. The molecule has 1 aromatic carbocycles. The summed E-state index contributed by atoms with van der Waals surface area (Å²) in [5.41, 5.74) is 2.39. The second-order valence-electron chi connectivity index (χ2n) is 10.8. The molecule has 2 atom stereocenters. The van der Waals surface area contributed by atoms with E-state index in [1.54, 1.807) is 30.5 Å². The molecule has 2 aliphatic carbocycles. The molecule has 0 spiro atoms. The predicted molar refractivity (Wildman–Crippen MR) is 146 cm³/mol. The fourth-order valence-corrected chi connectivity index (χ4v) is 5.49. The molecule has 0 radical (unpaired) electrons. The molecule has 0 saturated heterocycles. The van der Waals surface area contributed by atoms with Gasteiger partial charge in [-0.1, -0.05) is 37.1 Å². The van der Waals surface area contributed by atoms with Crippen LogP contribution in [0.25, 0.3) is 22.8 Å². The van der Waals surface area contributed by atoms with Crippen LogP contribution in [0.1, 0.15) is 72.9 Å². The van der Waals surface area contributed by atoms with E-state index < -0.39 is 18.0 Å². The molecule has 0 aliphatic heterocycles. The molecule has 0 amide bonds. The summed E-state index contributed by atoms with van der Waals surface area (Å²) >= 11 is 0. The van der Waals surface area contributed by atoms with Crippen molar-refractivity contribution in [3.63, 3.8) is 0 Å². The van der Waals surface area contributed by atoms with Crippen LogP contribution in [0.5, 0.6) is 11.8 Å². The Hall–Kier alpha value is -4.09. The Balaban J connectivity index is 1.30. The maximum absolute atomic E-state index is 15.1. The number of methoxy groups -OCH3 is 1. The number of hydrogen-bond acceptors (Lipinski definition) is 7. The topological polar surface area (TPSA) is 87.8 Å². The third-order valence-electron chi connectivity index (χ3n) is 7.84. The van der Waals surface area contributed by atoms with Gasteiger partial charge in [0, 0.05) is 42.4 Å². The molecule has 2 saturated carbocycles. The molecule has 2 fully saturated rings. The van der Waals surface area contributed by atoms with Gasteiger partial charge in [-0.25, -0.2) is 24.3 Å². The van der Waals surface area contributed by atoms with E-state index >= 15 is 4.39 Å². The third-order valence-corrected chi connectivity index (χ3v) is 7.84. The number of alkyl halides is 4. The van der Waals surface area contributed by atoms with Crippen LogP contribution in [0.3, 0.4) is 0 Å². The summed E-state index contributed by atoms with van der Waals surface area (Å²) in [6.07, 6.45) is 3.43. The van der Waals surface area contributed by atoms with E-state index in [2.05, 4.69) is 19.9 Å². The highest BCUT2D eigenvalue weighted by Crippen LogP contribution is 2.46. The molecule has 2 unspecified atom stereocenters. The molecular formula is C30H30F4N6O2. The zero-order valence-electron chi connectivity index (χ0n) is 23.2. The molecule has 12 heteroatoms. The van der Waals surface area contributed by atoms with Gasteiger partial charge in [0.1, 0.15) is 30.5 Å². The van der Waals surface area contributed by atoms with Crippen LogP contribution in [-0.2, 0) is 19.8 Å². The first kappa shape index (κ1) is 28.0. The van der Waals surface area contributed by atoms with Gasteiger partial charge in [0.15, 0.2) is 11.5 Å². The summed E-state index contributed by atoms with van der Waals surface area (Å²) in [4.78, 5) is 21.9. The van der Waals surface area contributed by atoms with Crippen LogP contribution in [0.15, 0.2) is 43.0 Å². The summed E-state index contributed by atoms with van der Waals surface area (Å²) in [5.74, 6) is 1.10. The molecule has 42 heavy (non-hydrogen) atoms. The molecule has 220 valence electrons. The standard InChI is InChI=1S/C30H30F4N6O2/c1-40-14-23(30(32,33)34)38-27(40)19-9-7-17(8-10-19)15-42-28-21(20-5-3-4-6-22(20)31)13-35-26(39-28)24-25(18-11-12-18)36-16-37-29(24)41-2/h7-10,13-14,16,18,20,22H,3-6,11-12,15H2,1-2H3. The van der Waals surface area contributed by atoms with Crippen molar-refractivity contribution < 1.29 is 27.0 Å². The van der Waals surface area contributed by atoms with Crippen LogP contribution in [-0.4, -0.2) is 42.8 Å². The fraction of sp³-hybridized carbons (Fsp3) is 0.433. The first-order valence-corrected chi connectivity index (χ1v) is 14.0. The van der Waals surface area contributed by atoms with E-state index in [4.69, 9.17) is 14.5 Å². The molecule has 6 rings (SSSR count). The molecular weight excluding hydrogens is 552 g/mol. The number of rotatable bonds is 8. The molecule has 4 aromatic rings. The normalized spacial score (nSPS) is 19.1. The number of halogens is 4. The number of hydrogen-bond donors (Lipinski definition) is 0. The first-order chi connectivity index (χ1) is 20.2. The highest BCUT2D eigenvalue weighted by molar-refractivity contribution is 5.66. The van der Waals surface area contributed by atoms with E-state index in [0.29, 0.717) is 41.2 Å². The molecule has 3 heterocycles. The van der Waals surface area contributed by atoms with Crippen molar-refractivity contribution in [1.29, 1.82) is 0 Å². The maximum atomic E-state index is 15.1. The van der Waals surface area contributed by atoms with Crippen LogP contribution in [0.4, 0.5) is 17.6 Å². The van der Waals surface area contributed by atoms with Crippen LogP contribution >= 0.6 is 0 Å². The number of ether oxygens (including phenoxy) is 2. The van der Waals surface area contributed by atoms with E-state index in [-0.39, 0.29) is 30.1 Å². The number of nitrogens with zero attached hydrogens (tertiary/aromatic N) is 6. The highest BCUT2D eigenvalue weighted by atomic mass is 19.4. The van der Waals surface area contributed by atoms with Gasteiger partial charge in [-0.05, 0) is 31.2 Å². The van der Waals surface area contributed by atoms with Crippen LogP contribution < -0.4 is 9.47 Å². The second-order valence-corrected chi connectivity index (χ2v) is 10.8. The zero-order chi connectivity index (χ0) is 29.4. The summed E-state index contributed by atoms with van der Waals surface area (Å²) in [6.45, 7) is 0.111. The van der Waals surface area contributed by atoms with E-state index in [0.717, 1.165) is 43.1 Å². The van der Waals surface area contributed by atoms with Gasteiger partial charge in [-0.2, -0.15) is 18.2 Å². The second kappa shape index (κ2) is 11.3. The minimum absolute atomic E-state index is 0.111. The average molecular weight is 583 g/mol. The fourth-order valence-electron chi connectivity index (χ4n) is 5.49. The Labute approximate surface area is 240 Å². The summed E-state index contributed by atoms with van der Waals surface area (Å²) in [6, 6.07) is 6.91. The summed E-state index contributed by atoms with van der Waals surface area (Å²) in [5, 5.41) is 0. The summed E-state index contributed by atoms with van der Waals surface area (Å²) in [7, 11) is 3.05. The first-order valence-electron chi connectivity index (χ1n) is 14.0. The monoisotopic (exact) mass is 582 g/mol. The van der Waals surface area contributed by atoms with Crippen LogP contribution in [0, 0.1) is 0 Å². The van der Waals surface area contributed by atoms with Gasteiger partial charge in [-0.15, -0.1) is 0 Å². The maximum Gasteiger partial charge on any atom is 0.434 e. The Bertz CT molecular complexity index is 1570. The van der Waals surface area contributed by atoms with Gasteiger partial charge in [-0.3, -0.25) is 0 Å². The van der Waals surface area contributed by atoms with Crippen molar-refractivity contribution in [2.45, 2.75) is 69.3 Å². The van der Waals surface area contributed by atoms with Crippen LogP contribution in [0.2, 0.25) is 0 Å². The highest BCUT2D eigenvalue weighted by Gasteiger charge is 2.35. The number of aryl methyl sites for hydroxylation is 1. The van der Waals surface area contributed by atoms with Gasteiger partial charge in [0.2, 0.25) is 11.8 Å². The minimum Gasteiger partial charge on any atom is -0.480 e. The lowest BCUT2D eigenvalue weighted by Gasteiger charge is -2.27. The van der Waals surface area contributed by atoms with Crippen molar-refractivity contribution in [3.8, 4) is 34.5 Å². The van der Waals surface area contributed by atoms with Crippen molar-refractivity contribution >= 4 is 0 Å². The lowest BCUT2D eigenvalue weighted by molar-refractivity contribution is -0.140. The van der Waals surface area contributed by atoms with Gasteiger partial charge >= 0.3 is 6.18 Å². The Morgan fingerprint density at radius 1 is 0.952 bits per heavy atom. The smallest absolute Gasteiger partial charge is 0.434 e.